The highest BCUT2D eigenvalue weighted by molar-refractivity contribution is 14.1. The molecule has 1 aromatic heterocycles. The van der Waals surface area contributed by atoms with Gasteiger partial charge in [-0.15, -0.1) is 23.1 Å². The SMILES string of the molecule is COc1c(SC)cc(I)c2sccc12. The van der Waals surface area contributed by atoms with Crippen molar-refractivity contribution in [1.82, 2.24) is 0 Å². The van der Waals surface area contributed by atoms with Crippen molar-refractivity contribution in [2.75, 3.05) is 13.4 Å². The number of hydrogen-bond acceptors (Lipinski definition) is 3. The predicted molar refractivity (Wildman–Crippen MR) is 72.9 cm³/mol. The van der Waals surface area contributed by atoms with E-state index in [4.69, 9.17) is 4.74 Å². The van der Waals surface area contributed by atoms with E-state index >= 15 is 0 Å². The van der Waals surface area contributed by atoms with Gasteiger partial charge in [0.15, 0.2) is 0 Å². The highest BCUT2D eigenvalue weighted by atomic mass is 127. The minimum Gasteiger partial charge on any atom is -0.495 e. The van der Waals surface area contributed by atoms with Gasteiger partial charge in [0, 0.05) is 8.96 Å². The summed E-state index contributed by atoms with van der Waals surface area (Å²) < 4.78 is 8.07. The second-order valence-electron chi connectivity index (χ2n) is 2.76. The highest BCUT2D eigenvalue weighted by Gasteiger charge is 2.11. The average Bonchev–Trinajstić information content (AvgIpc) is 2.66. The standard InChI is InChI=1S/C10H9IOS2/c1-12-9-6-3-4-14-10(6)7(11)5-8(9)13-2/h3-5H,1-2H3. The topological polar surface area (TPSA) is 9.23 Å². The van der Waals surface area contributed by atoms with Gasteiger partial charge in [-0.05, 0) is 46.4 Å². The zero-order valence-electron chi connectivity index (χ0n) is 7.83. The maximum Gasteiger partial charge on any atom is 0.141 e. The lowest BCUT2D eigenvalue weighted by atomic mass is 10.2. The number of fused-ring (bicyclic) bond motifs is 1. The van der Waals surface area contributed by atoms with Crippen LogP contribution in [0.2, 0.25) is 0 Å². The van der Waals surface area contributed by atoms with Crippen LogP contribution < -0.4 is 4.74 Å². The lowest BCUT2D eigenvalue weighted by Crippen LogP contribution is -1.87. The normalized spacial score (nSPS) is 10.8. The van der Waals surface area contributed by atoms with Crippen LogP contribution in [-0.2, 0) is 0 Å². The van der Waals surface area contributed by atoms with Gasteiger partial charge >= 0.3 is 0 Å². The summed E-state index contributed by atoms with van der Waals surface area (Å²) in [5, 5.41) is 3.34. The maximum atomic E-state index is 5.45. The zero-order chi connectivity index (χ0) is 10.1. The molecule has 0 saturated heterocycles. The van der Waals surface area contributed by atoms with Gasteiger partial charge in [-0.25, -0.2) is 0 Å². The van der Waals surface area contributed by atoms with E-state index in [2.05, 4.69) is 46.4 Å². The molecule has 0 fully saturated rings. The first kappa shape index (κ1) is 10.6. The number of halogens is 1. The molecule has 1 aromatic carbocycles. The van der Waals surface area contributed by atoms with Crippen molar-refractivity contribution >= 4 is 55.8 Å². The van der Waals surface area contributed by atoms with Crippen molar-refractivity contribution in [3.05, 3.63) is 21.1 Å². The summed E-state index contributed by atoms with van der Waals surface area (Å²) >= 11 is 5.87. The van der Waals surface area contributed by atoms with Crippen LogP contribution >= 0.6 is 45.7 Å². The molecule has 0 amide bonds. The minimum atomic E-state index is 1.01. The fourth-order valence-corrected chi connectivity index (χ4v) is 4.02. The van der Waals surface area contributed by atoms with E-state index in [1.165, 1.54) is 18.6 Å². The third kappa shape index (κ3) is 1.63. The Morgan fingerprint density at radius 1 is 1.50 bits per heavy atom. The van der Waals surface area contributed by atoms with Gasteiger partial charge in [0.05, 0.1) is 16.7 Å². The Morgan fingerprint density at radius 3 is 2.93 bits per heavy atom. The number of benzene rings is 1. The fraction of sp³-hybridized carbons (Fsp3) is 0.200. The van der Waals surface area contributed by atoms with Gasteiger partial charge in [0.2, 0.25) is 0 Å². The molecule has 0 bridgehead atoms. The molecule has 14 heavy (non-hydrogen) atoms. The fourth-order valence-electron chi connectivity index (χ4n) is 1.41. The molecule has 0 aliphatic rings. The van der Waals surface area contributed by atoms with Gasteiger partial charge in [-0.1, -0.05) is 0 Å². The molecule has 2 rings (SSSR count). The summed E-state index contributed by atoms with van der Waals surface area (Å²) in [5.74, 6) is 1.01. The molecule has 0 spiro atoms. The summed E-state index contributed by atoms with van der Waals surface area (Å²) in [7, 11) is 1.74. The molecular formula is C10H9IOS2. The van der Waals surface area contributed by atoms with Gasteiger partial charge in [-0.3, -0.25) is 0 Å². The molecule has 0 atom stereocenters. The van der Waals surface area contributed by atoms with E-state index in [0.717, 1.165) is 5.75 Å². The van der Waals surface area contributed by atoms with E-state index in [9.17, 15) is 0 Å². The van der Waals surface area contributed by atoms with Gasteiger partial charge in [0.25, 0.3) is 0 Å². The van der Waals surface area contributed by atoms with Crippen LogP contribution in [0.15, 0.2) is 22.4 Å². The molecule has 4 heteroatoms. The number of thioether (sulfide) groups is 1. The van der Waals surface area contributed by atoms with Crippen molar-refractivity contribution in [3.63, 3.8) is 0 Å². The molecule has 1 nitrogen and oxygen atoms in total. The summed E-state index contributed by atoms with van der Waals surface area (Å²) in [4.78, 5) is 1.21. The van der Waals surface area contributed by atoms with E-state index in [-0.39, 0.29) is 0 Å². The van der Waals surface area contributed by atoms with Crippen LogP contribution in [-0.4, -0.2) is 13.4 Å². The van der Waals surface area contributed by atoms with Crippen molar-refractivity contribution < 1.29 is 4.74 Å². The summed E-state index contributed by atoms with van der Waals surface area (Å²) in [6.07, 6.45) is 2.08. The van der Waals surface area contributed by atoms with Gasteiger partial charge in [0.1, 0.15) is 5.75 Å². The molecule has 74 valence electrons. The number of methoxy groups -OCH3 is 1. The Hall–Kier alpha value is 0.0600. The first-order valence-corrected chi connectivity index (χ1v) is 7.24. The third-order valence-corrected chi connectivity index (χ3v) is 4.94. The largest absolute Gasteiger partial charge is 0.495 e. The Morgan fingerprint density at radius 2 is 2.29 bits per heavy atom. The number of thiophene rings is 1. The van der Waals surface area contributed by atoms with Crippen LogP contribution in [0, 0.1) is 3.57 Å². The minimum absolute atomic E-state index is 1.01. The van der Waals surface area contributed by atoms with E-state index in [1.807, 2.05) is 0 Å². The van der Waals surface area contributed by atoms with Crippen LogP contribution in [0.4, 0.5) is 0 Å². The summed E-state index contributed by atoms with van der Waals surface area (Å²) in [6.45, 7) is 0. The van der Waals surface area contributed by atoms with Crippen LogP contribution in [0.5, 0.6) is 5.75 Å². The molecule has 0 aliphatic heterocycles. The number of hydrogen-bond donors (Lipinski definition) is 0. The molecule has 0 saturated carbocycles. The molecule has 0 radical (unpaired) electrons. The Kier molecular flexibility index (Phi) is 3.23. The first-order valence-electron chi connectivity index (χ1n) is 4.05. The monoisotopic (exact) mass is 336 g/mol. The second-order valence-corrected chi connectivity index (χ2v) is 5.68. The molecule has 0 unspecified atom stereocenters. The molecular weight excluding hydrogens is 327 g/mol. The molecule has 2 aromatic rings. The maximum absolute atomic E-state index is 5.45. The van der Waals surface area contributed by atoms with Crippen molar-refractivity contribution in [3.8, 4) is 5.75 Å². The van der Waals surface area contributed by atoms with Gasteiger partial charge in [-0.2, -0.15) is 0 Å². The van der Waals surface area contributed by atoms with Gasteiger partial charge < -0.3 is 4.74 Å². The Labute approximate surface area is 105 Å². The summed E-state index contributed by atoms with van der Waals surface area (Å²) in [6, 6.07) is 4.31. The smallest absolute Gasteiger partial charge is 0.141 e. The van der Waals surface area contributed by atoms with Crippen LogP contribution in [0.25, 0.3) is 10.1 Å². The lowest BCUT2D eigenvalue weighted by Gasteiger charge is -2.08. The lowest BCUT2D eigenvalue weighted by molar-refractivity contribution is 0.410. The number of ether oxygens (including phenoxy) is 1. The zero-order valence-corrected chi connectivity index (χ0v) is 11.6. The average molecular weight is 336 g/mol. The quantitative estimate of drug-likeness (QED) is 0.599. The Bertz CT molecular complexity index is 464. The van der Waals surface area contributed by atoms with Crippen LogP contribution in [0.1, 0.15) is 0 Å². The van der Waals surface area contributed by atoms with E-state index in [0.29, 0.717) is 0 Å². The highest BCUT2D eigenvalue weighted by Crippen LogP contribution is 2.40. The summed E-state index contributed by atoms with van der Waals surface area (Å²) in [5.41, 5.74) is 0. The van der Waals surface area contributed by atoms with Crippen molar-refractivity contribution in [2.24, 2.45) is 0 Å². The number of rotatable bonds is 2. The molecule has 0 N–H and O–H groups in total. The molecule has 0 aliphatic carbocycles. The van der Waals surface area contributed by atoms with E-state index < -0.39 is 0 Å². The molecule has 1 heterocycles. The van der Waals surface area contributed by atoms with Crippen molar-refractivity contribution in [1.29, 1.82) is 0 Å². The van der Waals surface area contributed by atoms with E-state index in [1.54, 1.807) is 30.2 Å². The predicted octanol–water partition coefficient (Wildman–Crippen LogP) is 4.24. The Balaban J connectivity index is 2.82. The second kappa shape index (κ2) is 4.28. The van der Waals surface area contributed by atoms with Crippen LogP contribution in [0.3, 0.4) is 0 Å². The van der Waals surface area contributed by atoms with Crippen molar-refractivity contribution in [2.45, 2.75) is 4.90 Å². The first-order chi connectivity index (χ1) is 6.77. The third-order valence-electron chi connectivity index (χ3n) is 2.03.